The molecule has 1 N–H and O–H groups in total. The van der Waals surface area contributed by atoms with E-state index in [1.165, 1.54) is 9.77 Å². The topological polar surface area (TPSA) is 54.9 Å². The second-order valence-electron chi connectivity index (χ2n) is 6.33. The zero-order valence-corrected chi connectivity index (χ0v) is 16.9. The van der Waals surface area contributed by atoms with Crippen LogP contribution in [0.3, 0.4) is 0 Å². The first-order valence-electron chi connectivity index (χ1n) is 8.74. The lowest BCUT2D eigenvalue weighted by molar-refractivity contribution is 0.0963. The second kappa shape index (κ2) is 8.42. The first-order chi connectivity index (χ1) is 13.2. The quantitative estimate of drug-likeness (QED) is 0.436. The van der Waals surface area contributed by atoms with Gasteiger partial charge in [0.05, 0.1) is 11.3 Å². The summed E-state index contributed by atoms with van der Waals surface area (Å²) < 4.78 is 0. The summed E-state index contributed by atoms with van der Waals surface area (Å²) in [6.07, 6.45) is 3.00. The Hall–Kier alpha value is -1.89. The Morgan fingerprint density at radius 3 is 2.85 bits per heavy atom. The molecule has 0 radical (unpaired) electrons. The van der Waals surface area contributed by atoms with Crippen molar-refractivity contribution in [3.05, 3.63) is 69.1 Å². The van der Waals surface area contributed by atoms with E-state index in [0.717, 1.165) is 29.4 Å². The van der Waals surface area contributed by atoms with Gasteiger partial charge in [-0.3, -0.25) is 4.79 Å². The first-order valence-corrected chi connectivity index (χ1v) is 11.0. The number of thioether (sulfide) groups is 1. The number of fused-ring (bicyclic) bond motifs is 1. The maximum Gasteiger partial charge on any atom is 0.222 e. The summed E-state index contributed by atoms with van der Waals surface area (Å²) in [5.74, 6) is 1.84. The number of thiophene rings is 1. The molecule has 1 aliphatic rings. The number of ketones is 1. The highest BCUT2D eigenvalue weighted by molar-refractivity contribution is 7.99. The van der Waals surface area contributed by atoms with E-state index in [0.29, 0.717) is 17.9 Å². The molecule has 138 valence electrons. The van der Waals surface area contributed by atoms with E-state index >= 15 is 0 Å². The number of nitrogens with zero attached hydrogens (tertiary/aromatic N) is 2. The number of carbonyl (C=O) groups excluding carboxylic acids is 1. The van der Waals surface area contributed by atoms with Gasteiger partial charge in [0.25, 0.3) is 0 Å². The zero-order chi connectivity index (χ0) is 18.6. The molecule has 0 amide bonds. The van der Waals surface area contributed by atoms with Crippen molar-refractivity contribution < 1.29 is 4.79 Å². The van der Waals surface area contributed by atoms with Gasteiger partial charge in [-0.05, 0) is 42.1 Å². The first kappa shape index (κ1) is 18.5. The van der Waals surface area contributed by atoms with Crippen LogP contribution in [0, 0.1) is 0 Å². The Labute approximate surface area is 171 Å². The fourth-order valence-electron chi connectivity index (χ4n) is 3.12. The second-order valence-corrected chi connectivity index (χ2v) is 8.91. The van der Waals surface area contributed by atoms with Crippen LogP contribution in [-0.4, -0.2) is 28.0 Å². The summed E-state index contributed by atoms with van der Waals surface area (Å²) in [7, 11) is 0. The molecule has 0 spiro atoms. The molecule has 0 saturated carbocycles. The number of anilines is 1. The van der Waals surface area contributed by atoms with Crippen LogP contribution in [0.2, 0.25) is 5.02 Å². The van der Waals surface area contributed by atoms with E-state index in [1.54, 1.807) is 29.3 Å². The molecule has 3 aromatic rings. The van der Waals surface area contributed by atoms with Gasteiger partial charge in [0.1, 0.15) is 0 Å². The number of nitrogens with one attached hydrogen (secondary N) is 1. The molecule has 0 saturated heterocycles. The van der Waals surface area contributed by atoms with Crippen molar-refractivity contribution in [3.63, 3.8) is 0 Å². The smallest absolute Gasteiger partial charge is 0.222 e. The van der Waals surface area contributed by atoms with Crippen LogP contribution in [0.25, 0.3) is 0 Å². The van der Waals surface area contributed by atoms with Gasteiger partial charge in [-0.2, -0.15) is 0 Å². The summed E-state index contributed by atoms with van der Waals surface area (Å²) in [5.41, 5.74) is 1.52. The third kappa shape index (κ3) is 4.51. The average molecular weight is 416 g/mol. The van der Waals surface area contributed by atoms with Crippen molar-refractivity contribution in [3.8, 4) is 0 Å². The third-order valence-electron chi connectivity index (χ3n) is 4.45. The van der Waals surface area contributed by atoms with Crippen molar-refractivity contribution in [2.75, 3.05) is 17.6 Å². The minimum Gasteiger partial charge on any atom is -0.353 e. The maximum absolute atomic E-state index is 12.4. The number of hydrogen-bond acceptors (Lipinski definition) is 6. The van der Waals surface area contributed by atoms with Gasteiger partial charge in [-0.1, -0.05) is 17.7 Å². The Kier molecular flexibility index (Phi) is 5.76. The SMILES string of the molecule is O=C1C[C@@H](c2cccs2)Cc2nc(NCCSc3ccc(Cl)cc3)ncc21. The molecule has 4 nitrogen and oxygen atoms in total. The van der Waals surface area contributed by atoms with Gasteiger partial charge in [-0.15, -0.1) is 23.1 Å². The Morgan fingerprint density at radius 2 is 2.07 bits per heavy atom. The molecule has 7 heteroatoms. The molecule has 0 unspecified atom stereocenters. The Bertz CT molecular complexity index is 929. The number of benzene rings is 1. The van der Waals surface area contributed by atoms with Crippen LogP contribution >= 0.6 is 34.7 Å². The zero-order valence-electron chi connectivity index (χ0n) is 14.5. The van der Waals surface area contributed by atoms with Crippen molar-refractivity contribution >= 4 is 46.4 Å². The van der Waals surface area contributed by atoms with Gasteiger partial charge in [0.2, 0.25) is 5.95 Å². The number of rotatable bonds is 6. The highest BCUT2D eigenvalue weighted by Crippen LogP contribution is 2.34. The van der Waals surface area contributed by atoms with Crippen LogP contribution in [0.15, 0.2) is 52.9 Å². The van der Waals surface area contributed by atoms with E-state index in [-0.39, 0.29) is 11.7 Å². The lowest BCUT2D eigenvalue weighted by Crippen LogP contribution is -2.21. The van der Waals surface area contributed by atoms with Crippen molar-refractivity contribution in [1.29, 1.82) is 0 Å². The van der Waals surface area contributed by atoms with Crippen LogP contribution in [0.4, 0.5) is 5.95 Å². The summed E-state index contributed by atoms with van der Waals surface area (Å²) in [5, 5.41) is 6.06. The minimum absolute atomic E-state index is 0.138. The molecule has 4 rings (SSSR count). The standard InChI is InChI=1S/C20H18ClN3OS2/c21-14-3-5-15(6-4-14)26-9-7-22-20-23-12-16-17(24-20)10-13(11-18(16)25)19-2-1-8-27-19/h1-6,8,12-13H,7,9-11H2,(H,22,23,24)/t13-/m0/s1. The molecule has 1 aromatic carbocycles. The normalized spacial score (nSPS) is 16.2. The average Bonchev–Trinajstić information content (AvgIpc) is 3.21. The number of Topliss-reactive ketones (excluding diaryl/α,β-unsaturated/α-hetero) is 1. The van der Waals surface area contributed by atoms with Crippen LogP contribution < -0.4 is 5.32 Å². The predicted molar refractivity (Wildman–Crippen MR) is 112 cm³/mol. The molecule has 0 aliphatic heterocycles. The van der Waals surface area contributed by atoms with Crippen molar-refractivity contribution in [2.24, 2.45) is 0 Å². The third-order valence-corrected chi connectivity index (χ3v) is 6.75. The maximum atomic E-state index is 12.4. The van der Waals surface area contributed by atoms with Crippen LogP contribution in [0.5, 0.6) is 0 Å². The molecule has 0 bridgehead atoms. The lowest BCUT2D eigenvalue weighted by Gasteiger charge is -2.22. The fraction of sp³-hybridized carbons (Fsp3) is 0.250. The van der Waals surface area contributed by atoms with E-state index in [2.05, 4.69) is 26.7 Å². The van der Waals surface area contributed by atoms with Crippen LogP contribution in [0.1, 0.15) is 33.3 Å². The van der Waals surface area contributed by atoms with Crippen LogP contribution in [-0.2, 0) is 6.42 Å². The molecule has 0 fully saturated rings. The van der Waals surface area contributed by atoms with E-state index in [4.69, 9.17) is 11.6 Å². The summed E-state index contributed by atoms with van der Waals surface area (Å²) in [4.78, 5) is 23.8. The van der Waals surface area contributed by atoms with Gasteiger partial charge in [0.15, 0.2) is 5.78 Å². The number of halogens is 1. The molecular formula is C20H18ClN3OS2. The molecular weight excluding hydrogens is 398 g/mol. The van der Waals surface area contributed by atoms with E-state index in [9.17, 15) is 4.79 Å². The molecule has 1 atom stereocenters. The summed E-state index contributed by atoms with van der Waals surface area (Å²) >= 11 is 9.35. The minimum atomic E-state index is 0.138. The highest BCUT2D eigenvalue weighted by Gasteiger charge is 2.28. The molecule has 2 heterocycles. The molecule has 1 aliphatic carbocycles. The Morgan fingerprint density at radius 1 is 1.22 bits per heavy atom. The number of aromatic nitrogens is 2. The number of hydrogen-bond donors (Lipinski definition) is 1. The van der Waals surface area contributed by atoms with Gasteiger partial charge >= 0.3 is 0 Å². The van der Waals surface area contributed by atoms with E-state index in [1.807, 2.05) is 30.3 Å². The molecule has 2 aromatic heterocycles. The monoisotopic (exact) mass is 415 g/mol. The van der Waals surface area contributed by atoms with Gasteiger partial charge in [-0.25, -0.2) is 9.97 Å². The Balaban J connectivity index is 1.37. The highest BCUT2D eigenvalue weighted by atomic mass is 35.5. The van der Waals surface area contributed by atoms with Crippen molar-refractivity contribution in [1.82, 2.24) is 9.97 Å². The number of carbonyl (C=O) groups is 1. The van der Waals surface area contributed by atoms with E-state index < -0.39 is 0 Å². The van der Waals surface area contributed by atoms with Crippen molar-refractivity contribution in [2.45, 2.75) is 23.7 Å². The van der Waals surface area contributed by atoms with Gasteiger partial charge in [0, 0.05) is 45.6 Å². The largest absolute Gasteiger partial charge is 0.353 e. The lowest BCUT2D eigenvalue weighted by atomic mass is 9.86. The predicted octanol–water partition coefficient (Wildman–Crippen LogP) is 5.31. The summed E-state index contributed by atoms with van der Waals surface area (Å²) in [6.45, 7) is 0.744. The fourth-order valence-corrected chi connectivity index (χ4v) is 4.84. The summed E-state index contributed by atoms with van der Waals surface area (Å²) in [6, 6.07) is 11.9. The molecule has 27 heavy (non-hydrogen) atoms. The van der Waals surface area contributed by atoms with Gasteiger partial charge < -0.3 is 5.32 Å².